The average Bonchev–Trinajstić information content (AvgIpc) is 3.25. The summed E-state index contributed by atoms with van der Waals surface area (Å²) in [5.41, 5.74) is 4.49. The summed E-state index contributed by atoms with van der Waals surface area (Å²) >= 11 is 1.46. The molecule has 0 aromatic carbocycles. The van der Waals surface area contributed by atoms with Gasteiger partial charge in [-0.25, -0.2) is 24.6 Å². The Hall–Kier alpha value is -3.13. The molecule has 0 spiro atoms. The fourth-order valence-electron chi connectivity index (χ4n) is 2.35. The summed E-state index contributed by atoms with van der Waals surface area (Å²) in [5.74, 6) is 0.230. The van der Waals surface area contributed by atoms with Gasteiger partial charge in [-0.2, -0.15) is 0 Å². The van der Waals surface area contributed by atoms with E-state index in [4.69, 9.17) is 0 Å². The molecule has 0 saturated heterocycles. The number of rotatable bonds is 3. The van der Waals surface area contributed by atoms with Gasteiger partial charge in [0, 0.05) is 35.6 Å². The van der Waals surface area contributed by atoms with E-state index >= 15 is 0 Å². The molecule has 7 nitrogen and oxygen atoms in total. The van der Waals surface area contributed by atoms with Crippen LogP contribution < -0.4 is 5.43 Å². The van der Waals surface area contributed by atoms with Crippen molar-refractivity contribution in [1.29, 1.82) is 0 Å². The van der Waals surface area contributed by atoms with Crippen molar-refractivity contribution in [2.24, 2.45) is 0 Å². The molecule has 4 aromatic rings. The summed E-state index contributed by atoms with van der Waals surface area (Å²) in [6.45, 7) is 1.78. The van der Waals surface area contributed by atoms with Crippen LogP contribution in [0.3, 0.4) is 0 Å². The Kier molecular flexibility index (Phi) is 3.51. The minimum Gasteiger partial charge on any atom is -0.267 e. The third kappa shape index (κ3) is 2.52. The molecule has 118 valence electrons. The van der Waals surface area contributed by atoms with Crippen molar-refractivity contribution in [2.45, 2.75) is 6.92 Å². The second-order valence-electron chi connectivity index (χ2n) is 5.07. The molecule has 1 N–H and O–H groups in total. The molecule has 0 radical (unpaired) electrons. The van der Waals surface area contributed by atoms with Gasteiger partial charge in [0.25, 0.3) is 5.91 Å². The Balaban J connectivity index is 1.63. The predicted molar refractivity (Wildman–Crippen MR) is 91.3 cm³/mol. The molecule has 0 aliphatic rings. The molecular weight excluding hydrogens is 324 g/mol. The number of amides is 1. The van der Waals surface area contributed by atoms with E-state index in [0.717, 1.165) is 10.4 Å². The second kappa shape index (κ2) is 5.82. The van der Waals surface area contributed by atoms with Gasteiger partial charge in [-0.1, -0.05) is 0 Å². The first-order valence-electron chi connectivity index (χ1n) is 7.19. The van der Waals surface area contributed by atoms with E-state index in [-0.39, 0.29) is 5.91 Å². The first-order valence-corrected chi connectivity index (χ1v) is 8.07. The van der Waals surface area contributed by atoms with E-state index in [9.17, 15) is 4.79 Å². The summed E-state index contributed by atoms with van der Waals surface area (Å²) < 4.78 is 1.59. The Morgan fingerprint density at radius 3 is 2.92 bits per heavy atom. The van der Waals surface area contributed by atoms with Crippen LogP contribution in [0.5, 0.6) is 0 Å². The number of aryl methyl sites for hydroxylation is 1. The summed E-state index contributed by atoms with van der Waals surface area (Å²) in [6, 6.07) is 5.67. The van der Waals surface area contributed by atoms with Crippen LogP contribution in [0.1, 0.15) is 16.1 Å². The largest absolute Gasteiger partial charge is 0.273 e. The van der Waals surface area contributed by atoms with Crippen molar-refractivity contribution in [2.75, 3.05) is 5.43 Å². The third-order valence-electron chi connectivity index (χ3n) is 3.52. The lowest BCUT2D eigenvalue weighted by Gasteiger charge is -2.09. The number of pyridine rings is 1. The van der Waals surface area contributed by atoms with E-state index in [1.807, 2.05) is 23.6 Å². The Morgan fingerprint density at radius 1 is 1.21 bits per heavy atom. The monoisotopic (exact) mass is 336 g/mol. The lowest BCUT2D eigenvalue weighted by Crippen LogP contribution is -2.23. The van der Waals surface area contributed by atoms with Crippen molar-refractivity contribution >= 4 is 28.3 Å². The standard InChI is InChI=1S/C16H12N6OS/c1-10-12(9-19-13(20-10)16-18-6-8-24-16)15(23)21-22-7-4-11-3-2-5-17-14(11)22/h2-9H,1H3,(H,21,23). The Morgan fingerprint density at radius 2 is 2.12 bits per heavy atom. The molecule has 1 amide bonds. The van der Waals surface area contributed by atoms with Crippen LogP contribution in [-0.2, 0) is 0 Å². The zero-order valence-corrected chi connectivity index (χ0v) is 13.5. The van der Waals surface area contributed by atoms with Crippen molar-refractivity contribution in [1.82, 2.24) is 24.6 Å². The number of carbonyl (C=O) groups excluding carboxylic acids is 1. The summed E-state index contributed by atoms with van der Waals surface area (Å²) in [6.07, 6.45) is 6.66. The highest BCUT2D eigenvalue weighted by molar-refractivity contribution is 7.12. The number of aromatic nitrogens is 5. The number of nitrogens with zero attached hydrogens (tertiary/aromatic N) is 5. The van der Waals surface area contributed by atoms with Crippen LogP contribution in [0.25, 0.3) is 21.9 Å². The van der Waals surface area contributed by atoms with Crippen molar-refractivity contribution in [3.63, 3.8) is 0 Å². The number of hydrogen-bond donors (Lipinski definition) is 1. The minimum absolute atomic E-state index is 0.290. The predicted octanol–water partition coefficient (Wildman–Crippen LogP) is 2.64. The zero-order valence-electron chi connectivity index (χ0n) is 12.7. The normalized spacial score (nSPS) is 10.9. The molecule has 4 rings (SSSR count). The number of hydrogen-bond acceptors (Lipinski definition) is 6. The van der Waals surface area contributed by atoms with E-state index in [0.29, 0.717) is 22.7 Å². The summed E-state index contributed by atoms with van der Waals surface area (Å²) in [7, 11) is 0. The number of fused-ring (bicyclic) bond motifs is 1. The first kappa shape index (κ1) is 14.5. The van der Waals surface area contributed by atoms with Gasteiger partial charge in [0.05, 0.1) is 11.3 Å². The highest BCUT2D eigenvalue weighted by Crippen LogP contribution is 2.18. The quantitative estimate of drug-likeness (QED) is 0.621. The van der Waals surface area contributed by atoms with Crippen molar-refractivity contribution in [3.8, 4) is 10.8 Å². The highest BCUT2D eigenvalue weighted by atomic mass is 32.1. The maximum atomic E-state index is 12.5. The minimum atomic E-state index is -0.290. The van der Waals surface area contributed by atoms with Crippen LogP contribution >= 0.6 is 11.3 Å². The van der Waals surface area contributed by atoms with Crippen LogP contribution in [-0.4, -0.2) is 30.5 Å². The van der Waals surface area contributed by atoms with Gasteiger partial charge in [0.1, 0.15) is 0 Å². The topological polar surface area (TPSA) is 85.6 Å². The van der Waals surface area contributed by atoms with Crippen molar-refractivity contribution < 1.29 is 4.79 Å². The van der Waals surface area contributed by atoms with Crippen LogP contribution in [0.2, 0.25) is 0 Å². The van der Waals surface area contributed by atoms with Gasteiger partial charge >= 0.3 is 0 Å². The number of thiazole rings is 1. The van der Waals surface area contributed by atoms with Gasteiger partial charge in [-0.05, 0) is 25.1 Å². The summed E-state index contributed by atoms with van der Waals surface area (Å²) in [5, 5.41) is 3.54. The number of carbonyl (C=O) groups is 1. The van der Waals surface area contributed by atoms with Crippen LogP contribution in [0.4, 0.5) is 0 Å². The molecule has 0 fully saturated rings. The molecule has 8 heteroatoms. The fourth-order valence-corrected chi connectivity index (χ4v) is 2.93. The molecule has 0 bridgehead atoms. The molecule has 24 heavy (non-hydrogen) atoms. The Labute approximate surface area is 141 Å². The molecule has 0 aliphatic heterocycles. The van der Waals surface area contributed by atoms with E-state index < -0.39 is 0 Å². The highest BCUT2D eigenvalue weighted by Gasteiger charge is 2.14. The maximum Gasteiger partial charge on any atom is 0.273 e. The zero-order chi connectivity index (χ0) is 16.5. The van der Waals surface area contributed by atoms with E-state index in [2.05, 4.69) is 25.4 Å². The van der Waals surface area contributed by atoms with Gasteiger partial charge in [0.2, 0.25) is 0 Å². The molecule has 0 aliphatic carbocycles. The van der Waals surface area contributed by atoms with E-state index in [1.165, 1.54) is 17.5 Å². The first-order chi connectivity index (χ1) is 11.7. The average molecular weight is 336 g/mol. The molecule has 0 atom stereocenters. The Bertz CT molecular complexity index is 1020. The molecule has 4 heterocycles. The molecule has 0 saturated carbocycles. The van der Waals surface area contributed by atoms with E-state index in [1.54, 1.807) is 30.2 Å². The third-order valence-corrected chi connectivity index (χ3v) is 4.29. The summed E-state index contributed by atoms with van der Waals surface area (Å²) in [4.78, 5) is 29.6. The van der Waals surface area contributed by atoms with Crippen LogP contribution in [0, 0.1) is 6.92 Å². The second-order valence-corrected chi connectivity index (χ2v) is 5.97. The van der Waals surface area contributed by atoms with Gasteiger partial charge in [0.15, 0.2) is 16.5 Å². The lowest BCUT2D eigenvalue weighted by atomic mass is 10.2. The maximum absolute atomic E-state index is 12.5. The van der Waals surface area contributed by atoms with Crippen LogP contribution in [0.15, 0.2) is 48.4 Å². The molecule has 4 aromatic heterocycles. The molecular formula is C16H12N6OS. The van der Waals surface area contributed by atoms with Gasteiger partial charge in [-0.15, -0.1) is 11.3 Å². The van der Waals surface area contributed by atoms with Gasteiger partial charge < -0.3 is 0 Å². The lowest BCUT2D eigenvalue weighted by molar-refractivity contribution is 0.101. The smallest absolute Gasteiger partial charge is 0.267 e. The fraction of sp³-hybridized carbons (Fsp3) is 0.0625. The van der Waals surface area contributed by atoms with Gasteiger partial charge in [-0.3, -0.25) is 10.2 Å². The molecule has 0 unspecified atom stereocenters. The SMILES string of the molecule is Cc1nc(-c2nccs2)ncc1C(=O)Nn1ccc2cccnc21. The number of nitrogens with one attached hydrogen (secondary N) is 1. The van der Waals surface area contributed by atoms with Crippen molar-refractivity contribution in [3.05, 3.63) is 59.6 Å².